The Labute approximate surface area is 200 Å². The summed E-state index contributed by atoms with van der Waals surface area (Å²) in [6.07, 6.45) is 5.86. The second-order valence-electron chi connectivity index (χ2n) is 7.75. The van der Waals surface area contributed by atoms with E-state index in [-0.39, 0.29) is 0 Å². The van der Waals surface area contributed by atoms with E-state index in [1.807, 2.05) is 42.5 Å². The third kappa shape index (κ3) is 4.56. The Balaban J connectivity index is 1.42. The van der Waals surface area contributed by atoms with Crippen molar-refractivity contribution in [2.45, 2.75) is 49.1 Å². The highest BCUT2D eigenvalue weighted by molar-refractivity contribution is 7.98. The number of rotatable bonds is 6. The van der Waals surface area contributed by atoms with Crippen LogP contribution < -0.4 is 0 Å². The van der Waals surface area contributed by atoms with Crippen molar-refractivity contribution in [1.29, 1.82) is 0 Å². The number of hydrogen-bond acceptors (Lipinski definition) is 6. The molecule has 0 aliphatic heterocycles. The third-order valence-electron chi connectivity index (χ3n) is 5.59. The van der Waals surface area contributed by atoms with Crippen LogP contribution in [0.25, 0.3) is 22.8 Å². The standard InChI is InChI=1S/C23H21Cl2N5OS/c24-16-11-12-18(19(25)13-16)21-27-29-23(30(21)17-9-5-2-6-10-17)32-14-20-26-28-22(31-20)15-7-3-1-4-8-15/h1,3-4,7-8,11-13,17H,2,5-6,9-10,14H2. The van der Waals surface area contributed by atoms with Crippen molar-refractivity contribution in [3.8, 4) is 22.8 Å². The van der Waals surface area contributed by atoms with Gasteiger partial charge in [0, 0.05) is 22.2 Å². The van der Waals surface area contributed by atoms with Gasteiger partial charge in [0.05, 0.1) is 10.8 Å². The molecule has 9 heteroatoms. The lowest BCUT2D eigenvalue weighted by Crippen LogP contribution is -2.15. The Bertz CT molecular complexity index is 1200. The Morgan fingerprint density at radius 2 is 1.75 bits per heavy atom. The average molecular weight is 486 g/mol. The van der Waals surface area contributed by atoms with Crippen LogP contribution in [0.2, 0.25) is 10.0 Å². The molecule has 0 radical (unpaired) electrons. The molecule has 1 fully saturated rings. The molecule has 1 saturated carbocycles. The van der Waals surface area contributed by atoms with Gasteiger partial charge in [-0.2, -0.15) is 0 Å². The van der Waals surface area contributed by atoms with Gasteiger partial charge in [-0.3, -0.25) is 4.57 Å². The first-order valence-electron chi connectivity index (χ1n) is 10.6. The number of benzene rings is 2. The number of aromatic nitrogens is 5. The number of hydrogen-bond donors (Lipinski definition) is 0. The second-order valence-corrected chi connectivity index (χ2v) is 9.53. The molecule has 0 unspecified atom stereocenters. The van der Waals surface area contributed by atoms with E-state index in [1.165, 1.54) is 19.3 Å². The largest absolute Gasteiger partial charge is 0.420 e. The quantitative estimate of drug-likeness (QED) is 0.271. The average Bonchev–Trinajstić information content (AvgIpc) is 3.46. The van der Waals surface area contributed by atoms with E-state index in [2.05, 4.69) is 25.0 Å². The lowest BCUT2D eigenvalue weighted by atomic mass is 9.95. The molecule has 0 spiro atoms. The fourth-order valence-electron chi connectivity index (χ4n) is 4.03. The molecule has 0 saturated heterocycles. The van der Waals surface area contributed by atoms with E-state index >= 15 is 0 Å². The Morgan fingerprint density at radius 3 is 2.53 bits per heavy atom. The van der Waals surface area contributed by atoms with Crippen molar-refractivity contribution in [3.05, 3.63) is 64.5 Å². The fraction of sp³-hybridized carbons (Fsp3) is 0.304. The van der Waals surface area contributed by atoms with Crippen LogP contribution in [0.15, 0.2) is 58.1 Å². The van der Waals surface area contributed by atoms with Crippen molar-refractivity contribution in [2.24, 2.45) is 0 Å². The van der Waals surface area contributed by atoms with Crippen molar-refractivity contribution >= 4 is 35.0 Å². The number of halogens is 2. The van der Waals surface area contributed by atoms with E-state index in [1.54, 1.807) is 17.8 Å². The summed E-state index contributed by atoms with van der Waals surface area (Å²) in [5, 5.41) is 19.4. The summed E-state index contributed by atoms with van der Waals surface area (Å²) < 4.78 is 8.09. The van der Waals surface area contributed by atoms with Crippen molar-refractivity contribution < 1.29 is 4.42 Å². The SMILES string of the molecule is Clc1ccc(-c2nnc(SCc3nnc(-c4ccccc4)o3)n2C2CCCCC2)c(Cl)c1. The van der Waals surface area contributed by atoms with Gasteiger partial charge in [0.1, 0.15) is 0 Å². The number of thioether (sulfide) groups is 1. The van der Waals surface area contributed by atoms with E-state index in [9.17, 15) is 0 Å². The molecule has 32 heavy (non-hydrogen) atoms. The van der Waals surface area contributed by atoms with Gasteiger partial charge >= 0.3 is 0 Å². The van der Waals surface area contributed by atoms with Crippen LogP contribution in [-0.4, -0.2) is 25.0 Å². The van der Waals surface area contributed by atoms with Crippen LogP contribution in [0.4, 0.5) is 0 Å². The zero-order valence-electron chi connectivity index (χ0n) is 17.2. The number of nitrogens with zero attached hydrogens (tertiary/aromatic N) is 5. The maximum atomic E-state index is 6.51. The van der Waals surface area contributed by atoms with Crippen LogP contribution >= 0.6 is 35.0 Å². The Morgan fingerprint density at radius 1 is 0.938 bits per heavy atom. The van der Waals surface area contributed by atoms with Crippen LogP contribution in [0.1, 0.15) is 44.0 Å². The maximum absolute atomic E-state index is 6.51. The van der Waals surface area contributed by atoms with Gasteiger partial charge in [0.15, 0.2) is 11.0 Å². The highest BCUT2D eigenvalue weighted by Crippen LogP contribution is 2.38. The molecule has 1 aliphatic rings. The Kier molecular flexibility index (Phi) is 6.48. The topological polar surface area (TPSA) is 69.6 Å². The third-order valence-corrected chi connectivity index (χ3v) is 7.06. The van der Waals surface area contributed by atoms with E-state index in [0.29, 0.717) is 33.6 Å². The highest BCUT2D eigenvalue weighted by Gasteiger charge is 2.25. The molecule has 4 aromatic rings. The van der Waals surface area contributed by atoms with E-state index in [4.69, 9.17) is 27.6 Å². The molecule has 2 aromatic heterocycles. The molecule has 164 valence electrons. The van der Waals surface area contributed by atoms with Gasteiger partial charge in [-0.1, -0.05) is 72.4 Å². The summed E-state index contributed by atoms with van der Waals surface area (Å²) in [6, 6.07) is 15.6. The van der Waals surface area contributed by atoms with Crippen molar-refractivity contribution in [3.63, 3.8) is 0 Å². The molecule has 1 aliphatic carbocycles. The lowest BCUT2D eigenvalue weighted by molar-refractivity contribution is 0.339. The molecule has 2 aromatic carbocycles. The summed E-state index contributed by atoms with van der Waals surface area (Å²) in [4.78, 5) is 0. The van der Waals surface area contributed by atoms with Crippen LogP contribution in [0, 0.1) is 0 Å². The predicted octanol–water partition coefficient (Wildman–Crippen LogP) is 7.10. The first kappa shape index (κ1) is 21.5. The molecule has 2 heterocycles. The van der Waals surface area contributed by atoms with E-state index in [0.717, 1.165) is 34.9 Å². The predicted molar refractivity (Wildman–Crippen MR) is 127 cm³/mol. The molecule has 5 rings (SSSR count). The van der Waals surface area contributed by atoms with Gasteiger partial charge in [-0.15, -0.1) is 20.4 Å². The zero-order valence-corrected chi connectivity index (χ0v) is 19.6. The Hall–Kier alpha value is -2.35. The summed E-state index contributed by atoms with van der Waals surface area (Å²) >= 11 is 14.2. The van der Waals surface area contributed by atoms with Crippen LogP contribution in [-0.2, 0) is 5.75 Å². The normalized spacial score (nSPS) is 14.7. The zero-order chi connectivity index (χ0) is 21.9. The molecule has 0 bridgehead atoms. The molecule has 0 N–H and O–H groups in total. The second kappa shape index (κ2) is 9.65. The summed E-state index contributed by atoms with van der Waals surface area (Å²) in [6.45, 7) is 0. The highest BCUT2D eigenvalue weighted by atomic mass is 35.5. The van der Waals surface area contributed by atoms with Crippen LogP contribution in [0.5, 0.6) is 0 Å². The lowest BCUT2D eigenvalue weighted by Gasteiger charge is -2.25. The first-order valence-corrected chi connectivity index (χ1v) is 12.3. The minimum absolute atomic E-state index is 0.338. The summed E-state index contributed by atoms with van der Waals surface area (Å²) in [5.41, 5.74) is 1.74. The minimum atomic E-state index is 0.338. The maximum Gasteiger partial charge on any atom is 0.247 e. The van der Waals surface area contributed by atoms with Crippen LogP contribution in [0.3, 0.4) is 0 Å². The van der Waals surface area contributed by atoms with Gasteiger partial charge in [-0.05, 0) is 43.2 Å². The van der Waals surface area contributed by atoms with Crippen molar-refractivity contribution in [2.75, 3.05) is 0 Å². The molecular weight excluding hydrogens is 465 g/mol. The molecule has 0 atom stereocenters. The minimum Gasteiger partial charge on any atom is -0.420 e. The van der Waals surface area contributed by atoms with Gasteiger partial charge in [-0.25, -0.2) is 0 Å². The van der Waals surface area contributed by atoms with Gasteiger partial charge in [0.2, 0.25) is 11.8 Å². The van der Waals surface area contributed by atoms with Crippen molar-refractivity contribution in [1.82, 2.24) is 25.0 Å². The smallest absolute Gasteiger partial charge is 0.247 e. The summed E-state index contributed by atoms with van der Waals surface area (Å²) in [7, 11) is 0. The van der Waals surface area contributed by atoms with E-state index < -0.39 is 0 Å². The summed E-state index contributed by atoms with van der Waals surface area (Å²) in [5.74, 6) is 2.36. The first-order chi connectivity index (χ1) is 15.7. The fourth-order valence-corrected chi connectivity index (χ4v) is 5.37. The monoisotopic (exact) mass is 485 g/mol. The molecule has 0 amide bonds. The molecule has 6 nitrogen and oxygen atoms in total. The van der Waals surface area contributed by atoms with Gasteiger partial charge in [0.25, 0.3) is 0 Å². The van der Waals surface area contributed by atoms with Gasteiger partial charge < -0.3 is 4.42 Å². The molecular formula is C23H21Cl2N5OS.